The van der Waals surface area contributed by atoms with Crippen LogP contribution in [0.5, 0.6) is 0 Å². The molecule has 0 aliphatic heterocycles. The van der Waals surface area contributed by atoms with Crippen LogP contribution >= 0.6 is 11.3 Å². The summed E-state index contributed by atoms with van der Waals surface area (Å²) in [5, 5.41) is 17.6. The zero-order chi connectivity index (χ0) is 14.0. The van der Waals surface area contributed by atoms with Crippen LogP contribution in [-0.2, 0) is 6.18 Å². The van der Waals surface area contributed by atoms with E-state index in [9.17, 15) is 13.2 Å². The average molecular weight is 283 g/mol. The molecule has 0 aliphatic rings. The molecule has 0 bridgehead atoms. The molecule has 0 fully saturated rings. The van der Waals surface area contributed by atoms with Crippen molar-refractivity contribution in [2.45, 2.75) is 39.4 Å². The molecule has 18 heavy (non-hydrogen) atoms. The van der Waals surface area contributed by atoms with Crippen molar-refractivity contribution in [1.82, 2.24) is 10.2 Å². The Hall–Kier alpha value is -0.890. The predicted molar refractivity (Wildman–Crippen MR) is 63.5 cm³/mol. The van der Waals surface area contributed by atoms with E-state index >= 15 is 0 Å². The van der Waals surface area contributed by atoms with Crippen LogP contribution in [0.25, 0.3) is 0 Å². The van der Waals surface area contributed by atoms with Gasteiger partial charge in [-0.05, 0) is 11.8 Å². The molecule has 0 aliphatic carbocycles. The van der Waals surface area contributed by atoms with Crippen molar-refractivity contribution >= 4 is 16.5 Å². The van der Waals surface area contributed by atoms with E-state index in [0.29, 0.717) is 17.8 Å². The fourth-order valence-electron chi connectivity index (χ4n) is 1.40. The van der Waals surface area contributed by atoms with Crippen molar-refractivity contribution in [2.24, 2.45) is 5.41 Å². The summed E-state index contributed by atoms with van der Waals surface area (Å²) in [6.45, 7) is 5.77. The number of alkyl halides is 3. The molecule has 2 N–H and O–H groups in total. The van der Waals surface area contributed by atoms with Crippen molar-refractivity contribution in [3.05, 3.63) is 5.01 Å². The maximum Gasteiger partial charge on any atom is 0.445 e. The van der Waals surface area contributed by atoms with Gasteiger partial charge >= 0.3 is 6.18 Å². The van der Waals surface area contributed by atoms with Gasteiger partial charge in [0.15, 0.2) is 0 Å². The lowest BCUT2D eigenvalue weighted by Gasteiger charge is -2.30. The molecular weight excluding hydrogens is 267 g/mol. The molecule has 0 spiro atoms. The molecule has 1 rings (SSSR count). The highest BCUT2D eigenvalue weighted by atomic mass is 32.1. The Bertz CT molecular complexity index is 386. The van der Waals surface area contributed by atoms with Crippen LogP contribution in [-0.4, -0.2) is 28.0 Å². The second-order valence-electron chi connectivity index (χ2n) is 4.99. The number of rotatable bonds is 4. The molecule has 0 aromatic carbocycles. The Morgan fingerprint density at radius 2 is 1.89 bits per heavy atom. The largest absolute Gasteiger partial charge is 0.445 e. The molecule has 1 aromatic rings. The van der Waals surface area contributed by atoms with Gasteiger partial charge in [-0.2, -0.15) is 13.2 Å². The summed E-state index contributed by atoms with van der Waals surface area (Å²) >= 11 is 0.470. The Balaban J connectivity index is 2.79. The minimum absolute atomic E-state index is 0.0418. The number of anilines is 1. The number of aromatic nitrogens is 2. The molecule has 8 heteroatoms. The van der Waals surface area contributed by atoms with E-state index in [1.165, 1.54) is 0 Å². The number of hydrogen-bond acceptors (Lipinski definition) is 5. The molecule has 0 saturated carbocycles. The van der Waals surface area contributed by atoms with Crippen LogP contribution in [0.15, 0.2) is 0 Å². The van der Waals surface area contributed by atoms with E-state index in [0.717, 1.165) is 0 Å². The molecule has 1 aromatic heterocycles. The van der Waals surface area contributed by atoms with Gasteiger partial charge in [-0.3, -0.25) is 0 Å². The Kier molecular flexibility index (Phi) is 4.55. The third kappa shape index (κ3) is 4.09. The number of nitrogens with one attached hydrogen (secondary N) is 1. The molecule has 1 heterocycles. The van der Waals surface area contributed by atoms with Gasteiger partial charge in [0.2, 0.25) is 10.1 Å². The molecule has 0 radical (unpaired) electrons. The zero-order valence-electron chi connectivity index (χ0n) is 10.4. The normalized spacial score (nSPS) is 14.6. The molecule has 1 unspecified atom stereocenters. The highest BCUT2D eigenvalue weighted by molar-refractivity contribution is 7.15. The maximum atomic E-state index is 12.4. The third-order valence-electron chi connectivity index (χ3n) is 2.43. The van der Waals surface area contributed by atoms with Crippen molar-refractivity contribution in [3.63, 3.8) is 0 Å². The van der Waals surface area contributed by atoms with Gasteiger partial charge in [0.25, 0.3) is 0 Å². The van der Waals surface area contributed by atoms with Crippen LogP contribution in [0, 0.1) is 5.41 Å². The first-order valence-electron chi connectivity index (χ1n) is 5.42. The summed E-state index contributed by atoms with van der Waals surface area (Å²) < 4.78 is 37.1. The van der Waals surface area contributed by atoms with Gasteiger partial charge in [-0.15, -0.1) is 10.2 Å². The van der Waals surface area contributed by atoms with Crippen LogP contribution < -0.4 is 5.32 Å². The van der Waals surface area contributed by atoms with Gasteiger partial charge < -0.3 is 10.4 Å². The highest BCUT2D eigenvalue weighted by Gasteiger charge is 2.36. The molecule has 104 valence electrons. The third-order valence-corrected chi connectivity index (χ3v) is 3.33. The first-order valence-corrected chi connectivity index (χ1v) is 6.24. The number of aliphatic hydroxyl groups is 1. The number of nitrogens with zero attached hydrogens (tertiary/aromatic N) is 2. The molecule has 1 atom stereocenters. The van der Waals surface area contributed by atoms with E-state index in [1.54, 1.807) is 0 Å². The van der Waals surface area contributed by atoms with E-state index in [4.69, 9.17) is 5.11 Å². The summed E-state index contributed by atoms with van der Waals surface area (Å²) in [7, 11) is 0. The van der Waals surface area contributed by atoms with Gasteiger partial charge in [0.05, 0.1) is 0 Å². The van der Waals surface area contributed by atoms with Gasteiger partial charge in [-0.25, -0.2) is 0 Å². The number of halogens is 3. The molecular formula is C10H16F3N3OS. The lowest BCUT2D eigenvalue weighted by Crippen LogP contribution is -2.34. The Morgan fingerprint density at radius 1 is 1.28 bits per heavy atom. The molecule has 4 nitrogen and oxygen atoms in total. The summed E-state index contributed by atoms with van der Waals surface area (Å²) in [6.07, 6.45) is -4.03. The van der Waals surface area contributed by atoms with Crippen molar-refractivity contribution in [3.8, 4) is 0 Å². The second kappa shape index (κ2) is 5.40. The topological polar surface area (TPSA) is 58.0 Å². The Labute approximate surface area is 107 Å². The van der Waals surface area contributed by atoms with E-state index < -0.39 is 11.2 Å². The minimum atomic E-state index is -4.47. The monoisotopic (exact) mass is 283 g/mol. The highest BCUT2D eigenvalue weighted by Crippen LogP contribution is 2.34. The minimum Gasteiger partial charge on any atom is -0.396 e. The van der Waals surface area contributed by atoms with E-state index in [-0.39, 0.29) is 23.2 Å². The van der Waals surface area contributed by atoms with Crippen molar-refractivity contribution in [1.29, 1.82) is 0 Å². The average Bonchev–Trinajstić information content (AvgIpc) is 2.63. The number of hydrogen-bond donors (Lipinski definition) is 2. The fourth-order valence-corrected chi connectivity index (χ4v) is 2.06. The lowest BCUT2D eigenvalue weighted by atomic mass is 9.85. The lowest BCUT2D eigenvalue weighted by molar-refractivity contribution is -0.138. The summed E-state index contributed by atoms with van der Waals surface area (Å²) in [6, 6.07) is -0.170. The van der Waals surface area contributed by atoms with E-state index in [2.05, 4.69) is 15.5 Å². The van der Waals surface area contributed by atoms with Gasteiger partial charge in [0.1, 0.15) is 0 Å². The molecule has 0 amide bonds. The standard InChI is InChI=1S/C10H16F3N3OS/c1-9(2,3)6(4-5-17)14-8-16-15-7(18-8)10(11,12)13/h6,17H,4-5H2,1-3H3,(H,14,16). The van der Waals surface area contributed by atoms with Gasteiger partial charge in [-0.1, -0.05) is 32.1 Å². The first kappa shape index (κ1) is 15.2. The zero-order valence-corrected chi connectivity index (χ0v) is 11.2. The van der Waals surface area contributed by atoms with Crippen LogP contribution in [0.2, 0.25) is 0 Å². The first-order chi connectivity index (χ1) is 8.14. The van der Waals surface area contributed by atoms with Gasteiger partial charge in [0, 0.05) is 12.6 Å². The summed E-state index contributed by atoms with van der Waals surface area (Å²) in [5.74, 6) is 0. The summed E-state index contributed by atoms with van der Waals surface area (Å²) in [4.78, 5) is 0. The smallest absolute Gasteiger partial charge is 0.396 e. The number of aliphatic hydroxyl groups excluding tert-OH is 1. The second-order valence-corrected chi connectivity index (χ2v) is 5.96. The summed E-state index contributed by atoms with van der Waals surface area (Å²) in [5.41, 5.74) is -0.202. The van der Waals surface area contributed by atoms with Crippen LogP contribution in [0.3, 0.4) is 0 Å². The van der Waals surface area contributed by atoms with Crippen LogP contribution in [0.1, 0.15) is 32.2 Å². The van der Waals surface area contributed by atoms with Crippen LogP contribution in [0.4, 0.5) is 18.3 Å². The van der Waals surface area contributed by atoms with Crippen molar-refractivity contribution < 1.29 is 18.3 Å². The quantitative estimate of drug-likeness (QED) is 0.892. The predicted octanol–water partition coefficient (Wildman–Crippen LogP) is 2.77. The fraction of sp³-hybridized carbons (Fsp3) is 0.800. The SMILES string of the molecule is CC(C)(C)C(CCO)Nc1nnc(C(F)(F)F)s1. The maximum absolute atomic E-state index is 12.4. The van der Waals surface area contributed by atoms with Crippen molar-refractivity contribution in [2.75, 3.05) is 11.9 Å². The van der Waals surface area contributed by atoms with E-state index in [1.807, 2.05) is 20.8 Å². The Morgan fingerprint density at radius 3 is 2.28 bits per heavy atom. The molecule has 0 saturated heterocycles.